The minimum atomic E-state index is -1.02. The van der Waals surface area contributed by atoms with Crippen molar-refractivity contribution in [3.05, 3.63) is 59.7 Å². The average Bonchev–Trinajstić information content (AvgIpc) is 2.54. The fourth-order valence-electron chi connectivity index (χ4n) is 2.73. The van der Waals surface area contributed by atoms with Gasteiger partial charge in [-0.15, -0.1) is 0 Å². The fourth-order valence-corrected chi connectivity index (χ4v) is 3.03. The summed E-state index contributed by atoms with van der Waals surface area (Å²) >= 11 is 5.16. The molecule has 126 valence electrons. The molecule has 1 fully saturated rings. The Morgan fingerprint density at radius 1 is 1.08 bits per heavy atom. The normalized spacial score (nSPS) is 17.9. The lowest BCUT2D eigenvalue weighted by molar-refractivity contribution is -0.130. The highest BCUT2D eigenvalue weighted by Crippen LogP contribution is 2.21. The number of rotatable bonds is 3. The van der Waals surface area contributed by atoms with Crippen molar-refractivity contribution >= 4 is 46.7 Å². The van der Waals surface area contributed by atoms with Gasteiger partial charge < -0.3 is 5.32 Å². The molecule has 0 bridgehead atoms. The molecule has 2 amide bonds. The second kappa shape index (κ2) is 6.94. The van der Waals surface area contributed by atoms with Crippen LogP contribution in [-0.2, 0) is 9.59 Å². The maximum Gasteiger partial charge on any atom is 0.251 e. The van der Waals surface area contributed by atoms with E-state index in [0.29, 0.717) is 11.4 Å². The van der Waals surface area contributed by atoms with E-state index >= 15 is 0 Å². The summed E-state index contributed by atoms with van der Waals surface area (Å²) < 4.78 is 0. The van der Waals surface area contributed by atoms with E-state index in [1.165, 1.54) is 11.1 Å². The molecular formula is C19H17N3O2S. The quantitative estimate of drug-likeness (QED) is 0.525. The first kappa shape index (κ1) is 17.0. The number of amides is 2. The van der Waals surface area contributed by atoms with Gasteiger partial charge in [-0.25, -0.2) is 0 Å². The van der Waals surface area contributed by atoms with Gasteiger partial charge in [0.2, 0.25) is 5.91 Å². The van der Waals surface area contributed by atoms with Crippen LogP contribution in [0.3, 0.4) is 0 Å². The summed E-state index contributed by atoms with van der Waals surface area (Å²) in [6, 6.07) is 14.8. The highest BCUT2D eigenvalue weighted by molar-refractivity contribution is 7.80. The molecule has 1 heterocycles. The number of nitrogens with zero attached hydrogens (tertiary/aromatic N) is 2. The Morgan fingerprint density at radius 3 is 2.36 bits per heavy atom. The zero-order valence-corrected chi connectivity index (χ0v) is 14.7. The van der Waals surface area contributed by atoms with Crippen LogP contribution in [0.15, 0.2) is 53.5 Å². The number of hydrogen-bond donors (Lipinski definition) is 1. The molecule has 6 heteroatoms. The molecule has 1 aliphatic rings. The van der Waals surface area contributed by atoms with Crippen molar-refractivity contribution in [1.82, 2.24) is 5.32 Å². The van der Waals surface area contributed by atoms with Crippen molar-refractivity contribution in [3.8, 4) is 0 Å². The first-order valence-electron chi connectivity index (χ1n) is 7.82. The Bertz CT molecular complexity index is 857. The number of aliphatic imine (C=N–C) groups is 1. The number of nitrogens with one attached hydrogen (secondary N) is 1. The highest BCUT2D eigenvalue weighted by Gasteiger charge is 2.38. The van der Waals surface area contributed by atoms with E-state index in [9.17, 15) is 9.59 Å². The molecule has 5 nitrogen and oxygen atoms in total. The van der Waals surface area contributed by atoms with Crippen LogP contribution in [0.4, 0.5) is 11.4 Å². The molecule has 0 aliphatic carbocycles. The van der Waals surface area contributed by atoms with Crippen LogP contribution < -0.4 is 10.2 Å². The van der Waals surface area contributed by atoms with Gasteiger partial charge in [0.05, 0.1) is 11.4 Å². The molecule has 0 spiro atoms. The van der Waals surface area contributed by atoms with E-state index in [1.54, 1.807) is 24.3 Å². The largest absolute Gasteiger partial charge is 0.301 e. The van der Waals surface area contributed by atoms with Crippen molar-refractivity contribution in [2.75, 3.05) is 4.90 Å². The van der Waals surface area contributed by atoms with Gasteiger partial charge in [0, 0.05) is 6.21 Å². The molecular weight excluding hydrogens is 334 g/mol. The van der Waals surface area contributed by atoms with E-state index in [1.807, 2.05) is 38.1 Å². The Morgan fingerprint density at radius 2 is 1.72 bits per heavy atom. The molecule has 2 aromatic carbocycles. The lowest BCUT2D eigenvalue weighted by Gasteiger charge is -2.30. The van der Waals surface area contributed by atoms with Crippen molar-refractivity contribution in [3.63, 3.8) is 0 Å². The van der Waals surface area contributed by atoms with E-state index in [0.717, 1.165) is 11.1 Å². The standard InChI is InChI=1S/C19H17N3O2S/c1-12-8-13(2)10-14(9-12)20-11-16-17(23)21-19(25)22(18(16)24)15-6-4-3-5-7-15/h3-11,16H,1-2H3,(H,21,23,25)/t16-/m0/s1. The lowest BCUT2D eigenvalue weighted by atomic mass is 10.1. The molecule has 0 aromatic heterocycles. The monoisotopic (exact) mass is 351 g/mol. The van der Waals surface area contributed by atoms with Gasteiger partial charge >= 0.3 is 0 Å². The predicted octanol–water partition coefficient (Wildman–Crippen LogP) is 3.07. The topological polar surface area (TPSA) is 61.8 Å². The average molecular weight is 351 g/mol. The van der Waals surface area contributed by atoms with E-state index in [2.05, 4.69) is 10.3 Å². The minimum Gasteiger partial charge on any atom is -0.301 e. The lowest BCUT2D eigenvalue weighted by Crippen LogP contribution is -2.58. The molecule has 0 radical (unpaired) electrons. The maximum absolute atomic E-state index is 12.8. The summed E-state index contributed by atoms with van der Waals surface area (Å²) in [4.78, 5) is 30.7. The number of carbonyl (C=O) groups is 2. The third-order valence-corrected chi connectivity index (χ3v) is 4.08. The van der Waals surface area contributed by atoms with Crippen molar-refractivity contribution in [2.24, 2.45) is 10.9 Å². The summed E-state index contributed by atoms with van der Waals surface area (Å²) in [5, 5.41) is 2.65. The van der Waals surface area contributed by atoms with Crippen LogP contribution in [0.25, 0.3) is 0 Å². The van der Waals surface area contributed by atoms with E-state index in [4.69, 9.17) is 12.2 Å². The molecule has 1 saturated heterocycles. The van der Waals surface area contributed by atoms with Crippen LogP contribution in [0, 0.1) is 19.8 Å². The Kier molecular flexibility index (Phi) is 4.72. The van der Waals surface area contributed by atoms with Gasteiger partial charge in [-0.05, 0) is 61.5 Å². The summed E-state index contributed by atoms with van der Waals surface area (Å²) in [6.07, 6.45) is 1.38. The van der Waals surface area contributed by atoms with Gasteiger partial charge in [0.1, 0.15) is 0 Å². The molecule has 1 aliphatic heterocycles. The van der Waals surface area contributed by atoms with Gasteiger partial charge in [-0.2, -0.15) is 0 Å². The molecule has 0 saturated carbocycles. The second-order valence-corrected chi connectivity index (χ2v) is 6.29. The van der Waals surface area contributed by atoms with Crippen LogP contribution in [0.5, 0.6) is 0 Å². The molecule has 0 unspecified atom stereocenters. The van der Waals surface area contributed by atoms with Gasteiger partial charge in [-0.3, -0.25) is 19.5 Å². The van der Waals surface area contributed by atoms with Crippen LogP contribution >= 0.6 is 12.2 Å². The number of carbonyl (C=O) groups excluding carboxylic acids is 2. The number of para-hydroxylation sites is 1. The zero-order valence-electron chi connectivity index (χ0n) is 13.9. The Hall–Kier alpha value is -2.86. The Balaban J connectivity index is 1.90. The number of anilines is 1. The number of aryl methyl sites for hydroxylation is 2. The van der Waals surface area contributed by atoms with Gasteiger partial charge in [0.15, 0.2) is 11.0 Å². The van der Waals surface area contributed by atoms with Crippen LogP contribution in [0.2, 0.25) is 0 Å². The molecule has 25 heavy (non-hydrogen) atoms. The first-order chi connectivity index (χ1) is 12.0. The van der Waals surface area contributed by atoms with Crippen LogP contribution in [0.1, 0.15) is 11.1 Å². The summed E-state index contributed by atoms with van der Waals surface area (Å²) in [7, 11) is 0. The fraction of sp³-hybridized carbons (Fsp3) is 0.158. The van der Waals surface area contributed by atoms with Crippen LogP contribution in [-0.4, -0.2) is 23.1 Å². The number of benzene rings is 2. The van der Waals surface area contributed by atoms with Crippen molar-refractivity contribution in [2.45, 2.75) is 13.8 Å². The van der Waals surface area contributed by atoms with Gasteiger partial charge in [-0.1, -0.05) is 24.3 Å². The number of thiocarbonyl (C=S) groups is 1. The Labute approximate surface area is 151 Å². The minimum absolute atomic E-state index is 0.0808. The third-order valence-electron chi connectivity index (χ3n) is 3.80. The van der Waals surface area contributed by atoms with Crippen molar-refractivity contribution in [1.29, 1.82) is 0 Å². The molecule has 2 aromatic rings. The predicted molar refractivity (Wildman–Crippen MR) is 102 cm³/mol. The van der Waals surface area contributed by atoms with Crippen molar-refractivity contribution < 1.29 is 9.59 Å². The third kappa shape index (κ3) is 3.64. The molecule has 3 rings (SSSR count). The maximum atomic E-state index is 12.8. The molecule has 1 N–H and O–H groups in total. The zero-order chi connectivity index (χ0) is 18.0. The van der Waals surface area contributed by atoms with E-state index in [-0.39, 0.29) is 5.11 Å². The molecule has 1 atom stereocenters. The summed E-state index contributed by atoms with van der Waals surface area (Å²) in [5.74, 6) is -1.89. The summed E-state index contributed by atoms with van der Waals surface area (Å²) in [5.41, 5.74) is 3.46. The van der Waals surface area contributed by atoms with Gasteiger partial charge in [0.25, 0.3) is 5.91 Å². The first-order valence-corrected chi connectivity index (χ1v) is 8.23. The SMILES string of the molecule is Cc1cc(C)cc(N=C[C@H]2C(=O)NC(=S)N(c3ccccc3)C2=O)c1. The summed E-state index contributed by atoms with van der Waals surface area (Å²) in [6.45, 7) is 3.94. The number of hydrogen-bond acceptors (Lipinski definition) is 4. The smallest absolute Gasteiger partial charge is 0.251 e. The second-order valence-electron chi connectivity index (χ2n) is 5.91. The van der Waals surface area contributed by atoms with E-state index < -0.39 is 17.7 Å². The highest BCUT2D eigenvalue weighted by atomic mass is 32.1.